The second kappa shape index (κ2) is 7.25. The molecule has 80 valence electrons. The fraction of sp³-hybridized carbons (Fsp3) is 1.00. The van der Waals surface area contributed by atoms with Crippen LogP contribution in [0.1, 0.15) is 12.8 Å². The summed E-state index contributed by atoms with van der Waals surface area (Å²) in [5.41, 5.74) is 0. The van der Waals surface area contributed by atoms with E-state index in [0.717, 1.165) is 0 Å². The van der Waals surface area contributed by atoms with Gasteiger partial charge >= 0.3 is 0 Å². The third-order valence-electron chi connectivity index (χ3n) is 1.42. The van der Waals surface area contributed by atoms with Crippen LogP contribution in [-0.2, 0) is 14.8 Å². The fourth-order valence-corrected chi connectivity index (χ4v) is 1.88. The second-order valence-corrected chi connectivity index (χ2v) is 4.56. The largest absolute Gasteiger partial charge is 0.396 e. The van der Waals surface area contributed by atoms with Crippen LogP contribution in [-0.4, -0.2) is 46.1 Å². The van der Waals surface area contributed by atoms with E-state index in [1.54, 1.807) is 7.11 Å². The predicted octanol–water partition coefficient (Wildman–Crippen LogP) is -0.675. The lowest BCUT2D eigenvalue weighted by atomic mass is 10.5. The Balaban J connectivity index is 3.52. The van der Waals surface area contributed by atoms with E-state index in [1.165, 1.54) is 0 Å². The first-order valence-corrected chi connectivity index (χ1v) is 5.85. The average molecular weight is 211 g/mol. The summed E-state index contributed by atoms with van der Waals surface area (Å²) in [6.45, 7) is 0.836. The highest BCUT2D eigenvalue weighted by Crippen LogP contribution is 1.89. The number of methoxy groups -OCH3 is 1. The topological polar surface area (TPSA) is 75.6 Å². The van der Waals surface area contributed by atoms with Crippen LogP contribution in [0.15, 0.2) is 0 Å². The average Bonchev–Trinajstić information content (AvgIpc) is 2.09. The van der Waals surface area contributed by atoms with Gasteiger partial charge in [-0.05, 0) is 12.8 Å². The van der Waals surface area contributed by atoms with Gasteiger partial charge in [0.25, 0.3) is 0 Å². The molecule has 0 aromatic rings. The molecule has 0 saturated carbocycles. The van der Waals surface area contributed by atoms with Crippen LogP contribution >= 0.6 is 0 Å². The number of hydrogen-bond donors (Lipinski definition) is 2. The second-order valence-electron chi connectivity index (χ2n) is 2.64. The molecule has 6 heteroatoms. The van der Waals surface area contributed by atoms with Crippen LogP contribution in [0.25, 0.3) is 0 Å². The summed E-state index contributed by atoms with van der Waals surface area (Å²) in [6.07, 6.45) is 0.939. The maximum absolute atomic E-state index is 11.1. The van der Waals surface area contributed by atoms with Crippen molar-refractivity contribution in [2.45, 2.75) is 12.8 Å². The Morgan fingerprint density at radius 2 is 2.08 bits per heavy atom. The first-order chi connectivity index (χ1) is 6.12. The van der Waals surface area contributed by atoms with Gasteiger partial charge in [-0.1, -0.05) is 0 Å². The van der Waals surface area contributed by atoms with Gasteiger partial charge in [-0.3, -0.25) is 0 Å². The zero-order chi connectivity index (χ0) is 10.2. The molecule has 0 amide bonds. The Labute approximate surface area is 79.1 Å². The molecule has 0 bridgehead atoms. The third kappa shape index (κ3) is 8.17. The Kier molecular flexibility index (Phi) is 7.16. The van der Waals surface area contributed by atoms with Crippen molar-refractivity contribution in [3.8, 4) is 0 Å². The zero-order valence-corrected chi connectivity index (χ0v) is 8.64. The van der Waals surface area contributed by atoms with E-state index in [0.29, 0.717) is 19.6 Å². The van der Waals surface area contributed by atoms with Gasteiger partial charge in [0.15, 0.2) is 0 Å². The van der Waals surface area contributed by atoms with Crippen molar-refractivity contribution in [1.82, 2.24) is 4.72 Å². The van der Waals surface area contributed by atoms with Crippen molar-refractivity contribution in [1.29, 1.82) is 0 Å². The molecule has 0 radical (unpaired) electrons. The molecule has 0 aromatic carbocycles. The molecule has 0 spiro atoms. The molecule has 13 heavy (non-hydrogen) atoms. The van der Waals surface area contributed by atoms with Crippen molar-refractivity contribution in [3.63, 3.8) is 0 Å². The van der Waals surface area contributed by atoms with Gasteiger partial charge in [0.05, 0.1) is 5.75 Å². The zero-order valence-electron chi connectivity index (χ0n) is 7.82. The SMILES string of the molecule is COCCCNS(=O)(=O)CCCO. The molecule has 0 aliphatic heterocycles. The van der Waals surface area contributed by atoms with Crippen LogP contribution in [0.2, 0.25) is 0 Å². The summed E-state index contributed by atoms with van der Waals surface area (Å²) in [5.74, 6) is -0.0174. The number of rotatable bonds is 8. The molecule has 0 unspecified atom stereocenters. The minimum absolute atomic E-state index is 0.0174. The van der Waals surface area contributed by atoms with Gasteiger partial charge < -0.3 is 9.84 Å². The van der Waals surface area contributed by atoms with E-state index in [4.69, 9.17) is 9.84 Å². The lowest BCUT2D eigenvalue weighted by Gasteiger charge is -2.04. The summed E-state index contributed by atoms with van der Waals surface area (Å²) in [5, 5.41) is 8.43. The Hall–Kier alpha value is -0.170. The van der Waals surface area contributed by atoms with Gasteiger partial charge in [-0.2, -0.15) is 0 Å². The van der Waals surface area contributed by atoms with E-state index in [9.17, 15) is 8.42 Å². The molecule has 2 N–H and O–H groups in total. The van der Waals surface area contributed by atoms with Gasteiger partial charge in [-0.15, -0.1) is 0 Å². The normalized spacial score (nSPS) is 11.8. The number of nitrogens with one attached hydrogen (secondary N) is 1. The number of aliphatic hydroxyl groups excluding tert-OH is 1. The smallest absolute Gasteiger partial charge is 0.211 e. The van der Waals surface area contributed by atoms with E-state index >= 15 is 0 Å². The highest BCUT2D eigenvalue weighted by atomic mass is 32.2. The predicted molar refractivity (Wildman–Crippen MR) is 50.0 cm³/mol. The Morgan fingerprint density at radius 1 is 1.38 bits per heavy atom. The third-order valence-corrected chi connectivity index (χ3v) is 2.89. The number of ether oxygens (including phenoxy) is 1. The highest BCUT2D eigenvalue weighted by molar-refractivity contribution is 7.89. The first kappa shape index (κ1) is 12.8. The van der Waals surface area contributed by atoms with Crippen LogP contribution in [0.4, 0.5) is 0 Å². The molecule has 0 rings (SSSR count). The minimum Gasteiger partial charge on any atom is -0.396 e. The highest BCUT2D eigenvalue weighted by Gasteiger charge is 2.07. The van der Waals surface area contributed by atoms with Crippen LogP contribution < -0.4 is 4.72 Å². The number of sulfonamides is 1. The standard InChI is InChI=1S/C7H17NO4S/c1-12-6-2-4-8-13(10,11)7-3-5-9/h8-9H,2-7H2,1H3. The van der Waals surface area contributed by atoms with Gasteiger partial charge in [-0.25, -0.2) is 13.1 Å². The summed E-state index contributed by atoms with van der Waals surface area (Å²) in [4.78, 5) is 0. The molecule has 0 saturated heterocycles. The van der Waals surface area contributed by atoms with Crippen LogP contribution in [0.5, 0.6) is 0 Å². The molecule has 0 aliphatic rings. The summed E-state index contributed by atoms with van der Waals surface area (Å²) >= 11 is 0. The molecular formula is C7H17NO4S. The molecule has 5 nitrogen and oxygen atoms in total. The van der Waals surface area contributed by atoms with E-state index < -0.39 is 10.0 Å². The minimum atomic E-state index is -3.19. The van der Waals surface area contributed by atoms with Gasteiger partial charge in [0, 0.05) is 26.9 Å². The van der Waals surface area contributed by atoms with Crippen molar-refractivity contribution in [2.24, 2.45) is 0 Å². The van der Waals surface area contributed by atoms with Crippen molar-refractivity contribution in [3.05, 3.63) is 0 Å². The summed E-state index contributed by atoms with van der Waals surface area (Å²) < 4.78 is 29.4. The van der Waals surface area contributed by atoms with Crippen molar-refractivity contribution >= 4 is 10.0 Å². The summed E-state index contributed by atoms with van der Waals surface area (Å²) in [6, 6.07) is 0. The van der Waals surface area contributed by atoms with Gasteiger partial charge in [0.2, 0.25) is 10.0 Å². The quantitative estimate of drug-likeness (QED) is 0.522. The Bertz CT molecular complexity index is 203. The summed E-state index contributed by atoms with van der Waals surface area (Å²) in [7, 11) is -1.62. The van der Waals surface area contributed by atoms with Gasteiger partial charge in [0.1, 0.15) is 0 Å². The van der Waals surface area contributed by atoms with E-state index in [-0.39, 0.29) is 18.8 Å². The van der Waals surface area contributed by atoms with E-state index in [2.05, 4.69) is 4.72 Å². The molecule has 0 fully saturated rings. The molecule has 0 aliphatic carbocycles. The van der Waals surface area contributed by atoms with Crippen LogP contribution in [0.3, 0.4) is 0 Å². The molecular weight excluding hydrogens is 194 g/mol. The number of hydrogen-bond acceptors (Lipinski definition) is 4. The van der Waals surface area contributed by atoms with Crippen LogP contribution in [0, 0.1) is 0 Å². The monoisotopic (exact) mass is 211 g/mol. The maximum Gasteiger partial charge on any atom is 0.211 e. The number of aliphatic hydroxyl groups is 1. The molecule has 0 aromatic heterocycles. The first-order valence-electron chi connectivity index (χ1n) is 4.19. The fourth-order valence-electron chi connectivity index (χ4n) is 0.771. The lowest BCUT2D eigenvalue weighted by molar-refractivity contribution is 0.196. The Morgan fingerprint density at radius 3 is 2.62 bits per heavy atom. The maximum atomic E-state index is 11.1. The van der Waals surface area contributed by atoms with Crippen molar-refractivity contribution < 1.29 is 18.3 Å². The molecule has 0 heterocycles. The molecule has 0 atom stereocenters. The lowest BCUT2D eigenvalue weighted by Crippen LogP contribution is -2.28. The van der Waals surface area contributed by atoms with Crippen molar-refractivity contribution in [2.75, 3.05) is 32.6 Å². The van der Waals surface area contributed by atoms with E-state index in [1.807, 2.05) is 0 Å².